The number of hydrogen-bond acceptors (Lipinski definition) is 12. The van der Waals surface area contributed by atoms with Crippen molar-refractivity contribution in [2.24, 2.45) is 11.8 Å². The molecule has 2 fully saturated rings. The van der Waals surface area contributed by atoms with Gasteiger partial charge in [-0.15, -0.1) is 0 Å². The van der Waals surface area contributed by atoms with Gasteiger partial charge in [-0.3, -0.25) is 4.79 Å². The van der Waals surface area contributed by atoms with E-state index < -0.39 is 60.2 Å². The predicted molar refractivity (Wildman–Crippen MR) is 156 cm³/mol. The van der Waals surface area contributed by atoms with Gasteiger partial charge >= 0.3 is 18.0 Å². The molecule has 2 aromatic heterocycles. The van der Waals surface area contributed by atoms with Crippen molar-refractivity contribution in [3.8, 4) is 6.07 Å². The number of alkyl carbamates (subject to hydrolysis) is 1. The van der Waals surface area contributed by atoms with E-state index in [0.717, 1.165) is 32.1 Å². The van der Waals surface area contributed by atoms with Crippen LogP contribution < -0.4 is 11.1 Å². The Morgan fingerprint density at radius 2 is 1.95 bits per heavy atom. The third-order valence-corrected chi connectivity index (χ3v) is 7.89. The molecule has 0 bridgehead atoms. The number of aliphatic hydroxyl groups excluding tert-OH is 1. The first kappa shape index (κ1) is 32.9. The Bertz CT molecular complexity index is 1390. The number of amides is 1. The van der Waals surface area contributed by atoms with Gasteiger partial charge in [-0.1, -0.05) is 33.1 Å². The Morgan fingerprint density at radius 3 is 2.59 bits per heavy atom. The number of aliphatic hydroxyl groups is 1. The van der Waals surface area contributed by atoms with Gasteiger partial charge in [0.05, 0.1) is 5.69 Å². The topological polar surface area (TPSA) is 200 Å². The largest absolute Gasteiger partial charge is 0.461 e. The number of nitrogens with zero attached hydrogens (tertiary/aromatic N) is 4. The number of nitrogens with two attached hydrogens (primary N) is 1. The van der Waals surface area contributed by atoms with E-state index in [9.17, 15) is 24.8 Å². The summed E-state index contributed by atoms with van der Waals surface area (Å²) < 4.78 is 24.1. The van der Waals surface area contributed by atoms with Crippen LogP contribution in [0.15, 0.2) is 18.5 Å². The van der Waals surface area contributed by atoms with Gasteiger partial charge in [-0.25, -0.2) is 19.1 Å². The number of aromatic nitrogens is 3. The van der Waals surface area contributed by atoms with E-state index in [1.165, 1.54) is 16.9 Å². The number of carbonyl (C=O) groups excluding carboxylic acids is 3. The molecule has 2 aromatic rings. The second kappa shape index (κ2) is 13.4. The summed E-state index contributed by atoms with van der Waals surface area (Å²) in [5, 5.41) is 28.7. The molecular formula is C30H42N6O8. The number of nitrogens with one attached hydrogen (secondary N) is 1. The van der Waals surface area contributed by atoms with Crippen LogP contribution in [0.3, 0.4) is 0 Å². The Kier molecular flexibility index (Phi) is 10.00. The molecule has 4 rings (SSSR count). The summed E-state index contributed by atoms with van der Waals surface area (Å²) in [6.45, 7) is 8.06. The van der Waals surface area contributed by atoms with E-state index in [1.54, 1.807) is 40.7 Å². The summed E-state index contributed by atoms with van der Waals surface area (Å²) in [7, 11) is 0. The lowest BCUT2D eigenvalue weighted by Crippen LogP contribution is -2.48. The number of carbonyl (C=O) groups is 3. The monoisotopic (exact) mass is 614 g/mol. The number of rotatable bonds is 9. The van der Waals surface area contributed by atoms with Crippen LogP contribution in [0.5, 0.6) is 0 Å². The summed E-state index contributed by atoms with van der Waals surface area (Å²) in [5.41, 5.74) is 3.64. The molecule has 1 aliphatic heterocycles. The maximum atomic E-state index is 13.2. The summed E-state index contributed by atoms with van der Waals surface area (Å²) in [6, 6.07) is 4.05. The zero-order valence-corrected chi connectivity index (χ0v) is 25.8. The lowest BCUT2D eigenvalue weighted by Gasteiger charge is -2.26. The van der Waals surface area contributed by atoms with Crippen LogP contribution in [0.25, 0.3) is 5.52 Å². The van der Waals surface area contributed by atoms with Crippen molar-refractivity contribution in [1.82, 2.24) is 19.9 Å². The highest BCUT2D eigenvalue weighted by atomic mass is 16.6. The Labute approximate surface area is 256 Å². The first-order chi connectivity index (χ1) is 20.8. The maximum Gasteiger partial charge on any atom is 0.408 e. The van der Waals surface area contributed by atoms with Crippen molar-refractivity contribution in [2.45, 2.75) is 109 Å². The van der Waals surface area contributed by atoms with Crippen LogP contribution in [0.4, 0.5) is 10.6 Å². The summed E-state index contributed by atoms with van der Waals surface area (Å²) in [4.78, 5) is 42.6. The average molecular weight is 615 g/mol. The molecule has 240 valence electrons. The van der Waals surface area contributed by atoms with Crippen molar-refractivity contribution in [3.05, 3.63) is 24.2 Å². The molecule has 44 heavy (non-hydrogen) atoms. The van der Waals surface area contributed by atoms with E-state index in [2.05, 4.69) is 15.4 Å². The molecule has 0 aromatic carbocycles. The molecule has 0 unspecified atom stereocenters. The highest BCUT2D eigenvalue weighted by Crippen LogP contribution is 2.42. The quantitative estimate of drug-likeness (QED) is 0.276. The minimum Gasteiger partial charge on any atom is -0.461 e. The van der Waals surface area contributed by atoms with Gasteiger partial charge < -0.3 is 35.1 Å². The fourth-order valence-corrected chi connectivity index (χ4v) is 5.69. The summed E-state index contributed by atoms with van der Waals surface area (Å²) >= 11 is 0. The van der Waals surface area contributed by atoms with Crippen LogP contribution in [-0.4, -0.2) is 74.3 Å². The van der Waals surface area contributed by atoms with E-state index in [0.29, 0.717) is 5.52 Å². The van der Waals surface area contributed by atoms with E-state index >= 15 is 0 Å². The third kappa shape index (κ3) is 7.22. The van der Waals surface area contributed by atoms with E-state index in [-0.39, 0.29) is 29.8 Å². The van der Waals surface area contributed by atoms with Crippen molar-refractivity contribution >= 4 is 29.4 Å². The minimum atomic E-state index is -2.06. The van der Waals surface area contributed by atoms with Crippen LogP contribution >= 0.6 is 0 Å². The smallest absolute Gasteiger partial charge is 0.408 e. The molecular weight excluding hydrogens is 572 g/mol. The number of anilines is 1. The van der Waals surface area contributed by atoms with Crippen LogP contribution in [0.2, 0.25) is 0 Å². The third-order valence-electron chi connectivity index (χ3n) is 7.89. The van der Waals surface area contributed by atoms with Crippen molar-refractivity contribution < 1.29 is 38.4 Å². The highest BCUT2D eigenvalue weighted by Gasteiger charge is 2.60. The maximum absolute atomic E-state index is 13.2. The predicted octanol–water partition coefficient (Wildman–Crippen LogP) is 2.76. The molecule has 14 nitrogen and oxygen atoms in total. The molecule has 1 saturated carbocycles. The van der Waals surface area contributed by atoms with Gasteiger partial charge in [-0.2, -0.15) is 10.4 Å². The van der Waals surface area contributed by atoms with E-state index in [4.69, 9.17) is 24.7 Å². The second-order valence-corrected chi connectivity index (χ2v) is 12.8. The number of nitrogen functional groups attached to an aromatic ring is 1. The molecule has 3 heterocycles. The molecule has 1 aliphatic carbocycles. The standard InChI is InChI=1S/C30H42N6O8/c1-17(2)23(35-28(40)44-29(3,4)5)27(39)41-14-20-24(42-22(37)13-18-9-7-6-8-10-18)25(38)30(15-31,43-20)21-12-11-19-26(32)33-16-34-36(19)21/h11-12,16-18,20,23-25,38H,6-10,13-14H2,1-5H3,(H,35,40)(H2,32,33,34)/t20-,23+,24-,25-,30+/m1/s1. The summed E-state index contributed by atoms with van der Waals surface area (Å²) in [6.07, 6.45) is 1.28. The van der Waals surface area contributed by atoms with Gasteiger partial charge in [0.25, 0.3) is 0 Å². The van der Waals surface area contributed by atoms with Crippen molar-refractivity contribution in [2.75, 3.05) is 12.3 Å². The zero-order valence-electron chi connectivity index (χ0n) is 25.8. The van der Waals surface area contributed by atoms with Gasteiger partial charge in [0.1, 0.15) is 48.4 Å². The molecule has 14 heteroatoms. The van der Waals surface area contributed by atoms with Gasteiger partial charge in [0, 0.05) is 6.42 Å². The molecule has 1 saturated heterocycles. The molecule has 4 N–H and O–H groups in total. The number of esters is 2. The second-order valence-electron chi connectivity index (χ2n) is 12.8. The lowest BCUT2D eigenvalue weighted by molar-refractivity contribution is -0.162. The number of hydrogen-bond donors (Lipinski definition) is 3. The first-order valence-corrected chi connectivity index (χ1v) is 15.0. The van der Waals surface area contributed by atoms with Gasteiger partial charge in [0.15, 0.2) is 11.9 Å². The Hall–Kier alpha value is -3.96. The van der Waals surface area contributed by atoms with Crippen LogP contribution in [0.1, 0.15) is 78.8 Å². The molecule has 5 atom stereocenters. The Balaban J connectivity index is 1.58. The fraction of sp³-hybridized carbons (Fsp3) is 0.667. The minimum absolute atomic E-state index is 0.130. The normalized spacial score (nSPS) is 24.9. The van der Waals surface area contributed by atoms with Crippen LogP contribution in [0, 0.1) is 23.2 Å². The zero-order chi connectivity index (χ0) is 32.2. The molecule has 0 spiro atoms. The molecule has 1 amide bonds. The van der Waals surface area contributed by atoms with Gasteiger partial charge in [-0.05, 0) is 57.6 Å². The van der Waals surface area contributed by atoms with E-state index in [1.807, 2.05) is 6.07 Å². The van der Waals surface area contributed by atoms with Crippen LogP contribution in [-0.2, 0) is 34.1 Å². The Morgan fingerprint density at radius 1 is 1.25 bits per heavy atom. The molecule has 0 radical (unpaired) electrons. The highest BCUT2D eigenvalue weighted by molar-refractivity contribution is 5.81. The lowest BCUT2D eigenvalue weighted by atomic mass is 9.87. The number of nitriles is 1. The number of ether oxygens (including phenoxy) is 4. The molecule has 2 aliphatic rings. The first-order valence-electron chi connectivity index (χ1n) is 15.0. The van der Waals surface area contributed by atoms with Crippen molar-refractivity contribution in [3.63, 3.8) is 0 Å². The summed E-state index contributed by atoms with van der Waals surface area (Å²) in [5.74, 6) is -1.41. The van der Waals surface area contributed by atoms with Gasteiger partial charge in [0.2, 0.25) is 5.60 Å². The fourth-order valence-electron chi connectivity index (χ4n) is 5.69. The SMILES string of the molecule is CC(C)[C@H](NC(=O)OC(C)(C)C)C(=O)OC[C@H]1O[C@@](C#N)(c2ccc3c(N)ncnn23)[C@H](O)[C@@H]1OC(=O)CC1CCCCC1. The van der Waals surface area contributed by atoms with Crippen molar-refractivity contribution in [1.29, 1.82) is 5.26 Å². The average Bonchev–Trinajstić information content (AvgIpc) is 3.50. The number of fused-ring (bicyclic) bond motifs is 1.